The predicted molar refractivity (Wildman–Crippen MR) is 88.5 cm³/mol. The highest BCUT2D eigenvalue weighted by Gasteiger charge is 2.24. The van der Waals surface area contributed by atoms with Gasteiger partial charge in [-0.3, -0.25) is 0 Å². The van der Waals surface area contributed by atoms with Gasteiger partial charge in [0.1, 0.15) is 23.3 Å². The van der Waals surface area contributed by atoms with Gasteiger partial charge in [0.05, 0.1) is 6.04 Å². The highest BCUT2D eigenvalue weighted by Crippen LogP contribution is 2.37. The molecular formula is C17H19N5O. The van der Waals surface area contributed by atoms with Crippen LogP contribution in [0.1, 0.15) is 37.3 Å². The van der Waals surface area contributed by atoms with Gasteiger partial charge in [-0.2, -0.15) is 0 Å². The van der Waals surface area contributed by atoms with Crippen molar-refractivity contribution < 1.29 is 4.74 Å². The van der Waals surface area contributed by atoms with E-state index in [0.717, 1.165) is 29.8 Å². The van der Waals surface area contributed by atoms with E-state index in [0.29, 0.717) is 23.1 Å². The number of benzene rings is 1. The second-order valence-electron chi connectivity index (χ2n) is 6.06. The molecule has 1 aliphatic rings. The fourth-order valence-electron chi connectivity index (χ4n) is 3.23. The number of rotatable bonds is 3. The first-order valence-corrected chi connectivity index (χ1v) is 7.95. The van der Waals surface area contributed by atoms with Crippen molar-refractivity contribution in [2.45, 2.75) is 38.6 Å². The lowest BCUT2D eigenvalue weighted by Gasteiger charge is -2.09. The number of anilines is 1. The molecule has 0 amide bonds. The second-order valence-corrected chi connectivity index (χ2v) is 6.06. The van der Waals surface area contributed by atoms with Crippen LogP contribution in [0.4, 0.5) is 5.82 Å². The number of nitrogen functional groups attached to an aromatic ring is 1. The van der Waals surface area contributed by atoms with Gasteiger partial charge in [-0.1, -0.05) is 25.0 Å². The van der Waals surface area contributed by atoms with Crippen LogP contribution in [-0.2, 0) is 0 Å². The molecule has 0 atom stereocenters. The van der Waals surface area contributed by atoms with Crippen LogP contribution in [0.25, 0.3) is 11.0 Å². The zero-order valence-corrected chi connectivity index (χ0v) is 13.1. The normalized spacial score (nSPS) is 15.3. The Morgan fingerprint density at radius 1 is 1.22 bits per heavy atom. The van der Waals surface area contributed by atoms with Gasteiger partial charge in [0.15, 0.2) is 5.65 Å². The molecule has 23 heavy (non-hydrogen) atoms. The molecule has 1 aliphatic carbocycles. The molecule has 3 aromatic rings. The molecule has 1 aromatic carbocycles. The van der Waals surface area contributed by atoms with Crippen molar-refractivity contribution >= 4 is 16.9 Å². The van der Waals surface area contributed by atoms with Gasteiger partial charge in [-0.05, 0) is 37.5 Å². The van der Waals surface area contributed by atoms with Crippen molar-refractivity contribution in [1.29, 1.82) is 0 Å². The largest absolute Gasteiger partial charge is 0.437 e. The summed E-state index contributed by atoms with van der Waals surface area (Å²) in [6.45, 7) is 2.03. The van der Waals surface area contributed by atoms with Crippen molar-refractivity contribution in [3.05, 3.63) is 36.2 Å². The highest BCUT2D eigenvalue weighted by molar-refractivity contribution is 5.90. The Morgan fingerprint density at radius 2 is 2.04 bits per heavy atom. The number of ether oxygens (including phenoxy) is 1. The first-order valence-electron chi connectivity index (χ1n) is 7.95. The Kier molecular flexibility index (Phi) is 3.37. The number of fused-ring (bicyclic) bond motifs is 1. The number of nitrogens with two attached hydrogens (primary N) is 1. The van der Waals surface area contributed by atoms with Crippen LogP contribution in [0.15, 0.2) is 30.6 Å². The fraction of sp³-hybridized carbons (Fsp3) is 0.353. The van der Waals surface area contributed by atoms with E-state index in [4.69, 9.17) is 10.5 Å². The summed E-state index contributed by atoms with van der Waals surface area (Å²) < 4.78 is 7.97. The minimum Gasteiger partial charge on any atom is -0.437 e. The van der Waals surface area contributed by atoms with E-state index in [-0.39, 0.29) is 0 Å². The standard InChI is InChI=1S/C17H19N5O/c1-11-5-4-8-13(9-11)23-17-14-15(18)19-10-20-16(14)22(21-17)12-6-2-3-7-12/h4-5,8-10,12H,2-3,6-7H2,1H3,(H2,18,19,20). The van der Waals surface area contributed by atoms with Crippen molar-refractivity contribution in [2.75, 3.05) is 5.73 Å². The Morgan fingerprint density at radius 3 is 2.83 bits per heavy atom. The molecule has 1 fully saturated rings. The van der Waals surface area contributed by atoms with Gasteiger partial charge in [0.25, 0.3) is 5.88 Å². The number of aromatic nitrogens is 4. The molecule has 2 N–H and O–H groups in total. The van der Waals surface area contributed by atoms with E-state index in [1.165, 1.54) is 19.2 Å². The number of aryl methyl sites for hydroxylation is 1. The lowest BCUT2D eigenvalue weighted by molar-refractivity contribution is 0.422. The molecule has 118 valence electrons. The summed E-state index contributed by atoms with van der Waals surface area (Å²) in [5.41, 5.74) is 7.96. The summed E-state index contributed by atoms with van der Waals surface area (Å²) in [5, 5.41) is 5.36. The molecule has 1 saturated carbocycles. The molecule has 4 rings (SSSR count). The first-order chi connectivity index (χ1) is 11.2. The lowest BCUT2D eigenvalue weighted by atomic mass is 10.2. The van der Waals surface area contributed by atoms with Crippen LogP contribution >= 0.6 is 0 Å². The van der Waals surface area contributed by atoms with Gasteiger partial charge in [0.2, 0.25) is 0 Å². The lowest BCUT2D eigenvalue weighted by Crippen LogP contribution is -2.07. The van der Waals surface area contributed by atoms with Gasteiger partial charge in [-0.15, -0.1) is 5.10 Å². The molecule has 0 bridgehead atoms. The van der Waals surface area contributed by atoms with Gasteiger partial charge in [0, 0.05) is 0 Å². The van der Waals surface area contributed by atoms with Crippen LogP contribution in [-0.4, -0.2) is 19.7 Å². The van der Waals surface area contributed by atoms with E-state index in [1.54, 1.807) is 0 Å². The second kappa shape index (κ2) is 5.53. The van der Waals surface area contributed by atoms with E-state index >= 15 is 0 Å². The Labute approximate surface area is 134 Å². The van der Waals surface area contributed by atoms with Crippen LogP contribution in [0.5, 0.6) is 11.6 Å². The van der Waals surface area contributed by atoms with E-state index in [9.17, 15) is 0 Å². The molecule has 0 radical (unpaired) electrons. The van der Waals surface area contributed by atoms with Crippen LogP contribution in [0.3, 0.4) is 0 Å². The molecule has 0 saturated heterocycles. The smallest absolute Gasteiger partial charge is 0.251 e. The zero-order chi connectivity index (χ0) is 15.8. The Balaban J connectivity index is 1.82. The average Bonchev–Trinajstić information content (AvgIpc) is 3.16. The van der Waals surface area contributed by atoms with Gasteiger partial charge >= 0.3 is 0 Å². The van der Waals surface area contributed by atoms with E-state index in [1.807, 2.05) is 35.9 Å². The molecule has 0 aliphatic heterocycles. The van der Waals surface area contributed by atoms with Crippen molar-refractivity contribution in [3.8, 4) is 11.6 Å². The first kappa shape index (κ1) is 14.0. The topological polar surface area (TPSA) is 78.8 Å². The molecule has 6 heteroatoms. The summed E-state index contributed by atoms with van der Waals surface area (Å²) in [4.78, 5) is 8.50. The minimum absolute atomic E-state index is 0.363. The minimum atomic E-state index is 0.363. The van der Waals surface area contributed by atoms with E-state index in [2.05, 4.69) is 15.1 Å². The molecule has 2 aromatic heterocycles. The SMILES string of the molecule is Cc1cccc(Oc2nn(C3CCCC3)c3ncnc(N)c23)c1. The highest BCUT2D eigenvalue weighted by atomic mass is 16.5. The molecule has 6 nitrogen and oxygen atoms in total. The summed E-state index contributed by atoms with van der Waals surface area (Å²) in [6, 6.07) is 8.23. The van der Waals surface area contributed by atoms with Crippen LogP contribution < -0.4 is 10.5 Å². The summed E-state index contributed by atoms with van der Waals surface area (Å²) in [6.07, 6.45) is 6.16. The molecule has 0 unspecified atom stereocenters. The van der Waals surface area contributed by atoms with Crippen molar-refractivity contribution in [2.24, 2.45) is 0 Å². The maximum atomic E-state index is 6.07. The Hall–Kier alpha value is -2.63. The average molecular weight is 309 g/mol. The fourth-order valence-corrected chi connectivity index (χ4v) is 3.23. The quantitative estimate of drug-likeness (QED) is 0.799. The van der Waals surface area contributed by atoms with Crippen molar-refractivity contribution in [1.82, 2.24) is 19.7 Å². The summed E-state index contributed by atoms with van der Waals surface area (Å²) >= 11 is 0. The predicted octanol–water partition coefficient (Wildman–Crippen LogP) is 3.62. The summed E-state index contributed by atoms with van der Waals surface area (Å²) in [5.74, 6) is 1.63. The Bertz CT molecular complexity index is 851. The third kappa shape index (κ3) is 2.50. The van der Waals surface area contributed by atoms with Gasteiger partial charge < -0.3 is 10.5 Å². The number of hydrogen-bond donors (Lipinski definition) is 1. The molecular weight excluding hydrogens is 290 g/mol. The van der Waals surface area contributed by atoms with Crippen LogP contribution in [0.2, 0.25) is 0 Å². The third-order valence-corrected chi connectivity index (χ3v) is 4.36. The van der Waals surface area contributed by atoms with Crippen LogP contribution in [0, 0.1) is 6.92 Å². The molecule has 0 spiro atoms. The monoisotopic (exact) mass is 309 g/mol. The maximum absolute atomic E-state index is 6.07. The van der Waals surface area contributed by atoms with Crippen molar-refractivity contribution in [3.63, 3.8) is 0 Å². The summed E-state index contributed by atoms with van der Waals surface area (Å²) in [7, 11) is 0. The molecule has 2 heterocycles. The number of hydrogen-bond acceptors (Lipinski definition) is 5. The zero-order valence-electron chi connectivity index (χ0n) is 13.1. The van der Waals surface area contributed by atoms with Gasteiger partial charge in [-0.25, -0.2) is 14.6 Å². The third-order valence-electron chi connectivity index (χ3n) is 4.36. The number of nitrogens with zero attached hydrogens (tertiary/aromatic N) is 4. The van der Waals surface area contributed by atoms with E-state index < -0.39 is 0 Å². The maximum Gasteiger partial charge on any atom is 0.251 e.